The number of nitrogens with zero attached hydrogens (tertiary/aromatic N) is 1. The molecule has 5 nitrogen and oxygen atoms in total. The number of aliphatic carboxylic acids is 2. The maximum absolute atomic E-state index is 12.8. The standard InChI is InChI=1S/C30H45NO4/c1-18(2)19-10-13-30(25(34)35)15-14-28(6)20(23(19)30)8-9-22-27(5,16-17-31)21(11-12-29(22,28)7)26(3,4)24(32)33/h19-23H,1,8-16H2,2-7H3,(H,32,33)(H,34,35)/t19-,20?,21?,22?,23?,27-,28+,29+,30?/m0/s1. The van der Waals surface area contributed by atoms with E-state index in [-0.39, 0.29) is 39.9 Å². The third-order valence-electron chi connectivity index (χ3n) is 12.6. The van der Waals surface area contributed by atoms with Gasteiger partial charge in [-0.1, -0.05) is 32.9 Å². The van der Waals surface area contributed by atoms with Gasteiger partial charge in [-0.2, -0.15) is 5.26 Å². The summed E-state index contributed by atoms with van der Waals surface area (Å²) in [4.78, 5) is 25.1. The second-order valence-corrected chi connectivity index (χ2v) is 14.0. The summed E-state index contributed by atoms with van der Waals surface area (Å²) < 4.78 is 0. The summed E-state index contributed by atoms with van der Waals surface area (Å²) >= 11 is 0. The Bertz CT molecular complexity index is 979. The summed E-state index contributed by atoms with van der Waals surface area (Å²) in [5, 5.41) is 30.5. The van der Waals surface area contributed by atoms with Gasteiger partial charge in [-0.15, -0.1) is 0 Å². The van der Waals surface area contributed by atoms with Crippen LogP contribution in [0.25, 0.3) is 0 Å². The first-order valence-electron chi connectivity index (χ1n) is 13.6. The second-order valence-electron chi connectivity index (χ2n) is 14.0. The van der Waals surface area contributed by atoms with Crippen molar-refractivity contribution in [3.63, 3.8) is 0 Å². The first-order chi connectivity index (χ1) is 16.1. The molecule has 0 radical (unpaired) electrons. The van der Waals surface area contributed by atoms with Gasteiger partial charge in [0.25, 0.3) is 0 Å². The largest absolute Gasteiger partial charge is 0.481 e. The summed E-state index contributed by atoms with van der Waals surface area (Å²) in [5.74, 6) is -0.547. The average Bonchev–Trinajstić information content (AvgIpc) is 3.15. The number of carboxylic acid groups (broad SMARTS) is 2. The molecule has 4 aliphatic carbocycles. The zero-order chi connectivity index (χ0) is 26.2. The lowest BCUT2D eigenvalue weighted by atomic mass is 9.33. The Morgan fingerprint density at radius 3 is 2.20 bits per heavy atom. The van der Waals surface area contributed by atoms with Gasteiger partial charge in [0.1, 0.15) is 0 Å². The van der Waals surface area contributed by atoms with Gasteiger partial charge in [-0.05, 0) is 118 Å². The third-order valence-corrected chi connectivity index (χ3v) is 12.6. The number of fused-ring (bicyclic) bond motifs is 5. The van der Waals surface area contributed by atoms with Crippen molar-refractivity contribution < 1.29 is 19.8 Å². The molecule has 0 heterocycles. The molecule has 4 saturated carbocycles. The maximum atomic E-state index is 12.8. The molecule has 0 aromatic heterocycles. The fourth-order valence-electron chi connectivity index (χ4n) is 10.6. The number of carboxylic acids is 2. The zero-order valence-corrected chi connectivity index (χ0v) is 22.6. The van der Waals surface area contributed by atoms with Crippen molar-refractivity contribution in [3.8, 4) is 6.07 Å². The minimum atomic E-state index is -0.897. The first-order valence-corrected chi connectivity index (χ1v) is 13.6. The molecule has 35 heavy (non-hydrogen) atoms. The van der Waals surface area contributed by atoms with Crippen LogP contribution in [-0.2, 0) is 9.59 Å². The molecular formula is C30H45NO4. The predicted molar refractivity (Wildman–Crippen MR) is 135 cm³/mol. The number of carbonyl (C=O) groups is 2. The molecule has 0 aromatic carbocycles. The first kappa shape index (κ1) is 26.2. The number of nitriles is 1. The minimum absolute atomic E-state index is 0.0351. The molecule has 9 atom stereocenters. The van der Waals surface area contributed by atoms with Crippen LogP contribution in [0.2, 0.25) is 0 Å². The van der Waals surface area contributed by atoms with E-state index in [2.05, 4.69) is 40.3 Å². The number of hydrogen-bond acceptors (Lipinski definition) is 3. The van der Waals surface area contributed by atoms with Gasteiger partial charge in [0, 0.05) is 6.42 Å². The molecule has 0 aromatic rings. The zero-order valence-electron chi connectivity index (χ0n) is 22.6. The van der Waals surface area contributed by atoms with Crippen LogP contribution in [0.5, 0.6) is 0 Å². The third kappa shape index (κ3) is 3.23. The topological polar surface area (TPSA) is 98.4 Å². The normalized spacial score (nSPS) is 47.1. The van der Waals surface area contributed by atoms with Gasteiger partial charge in [0.15, 0.2) is 0 Å². The molecule has 5 unspecified atom stereocenters. The highest BCUT2D eigenvalue weighted by atomic mass is 16.4. The van der Waals surface area contributed by atoms with E-state index in [0.717, 1.165) is 50.5 Å². The van der Waals surface area contributed by atoms with Crippen molar-refractivity contribution in [1.29, 1.82) is 5.26 Å². The number of allylic oxidation sites excluding steroid dienone is 1. The Hall–Kier alpha value is -1.83. The van der Waals surface area contributed by atoms with Crippen molar-refractivity contribution in [2.24, 2.45) is 56.7 Å². The van der Waals surface area contributed by atoms with Crippen LogP contribution in [-0.4, -0.2) is 22.2 Å². The van der Waals surface area contributed by atoms with Crippen molar-refractivity contribution in [2.45, 2.75) is 99.3 Å². The molecule has 0 saturated heterocycles. The Balaban J connectivity index is 1.81. The lowest BCUT2D eigenvalue weighted by Gasteiger charge is -2.71. The Kier molecular flexibility index (Phi) is 6.06. The monoisotopic (exact) mass is 483 g/mol. The highest BCUT2D eigenvalue weighted by molar-refractivity contribution is 5.76. The van der Waals surface area contributed by atoms with Gasteiger partial charge in [-0.25, -0.2) is 0 Å². The lowest BCUT2D eigenvalue weighted by molar-refractivity contribution is -0.230. The van der Waals surface area contributed by atoms with Gasteiger partial charge in [0.05, 0.1) is 16.9 Å². The van der Waals surface area contributed by atoms with Crippen LogP contribution in [0.15, 0.2) is 12.2 Å². The quantitative estimate of drug-likeness (QED) is 0.413. The molecule has 0 amide bonds. The van der Waals surface area contributed by atoms with Crippen LogP contribution in [0.1, 0.15) is 99.3 Å². The molecule has 4 fully saturated rings. The van der Waals surface area contributed by atoms with E-state index in [1.807, 2.05) is 13.8 Å². The highest BCUT2D eigenvalue weighted by Gasteiger charge is 2.71. The van der Waals surface area contributed by atoms with Crippen LogP contribution in [0.3, 0.4) is 0 Å². The van der Waals surface area contributed by atoms with Gasteiger partial charge < -0.3 is 10.2 Å². The molecule has 4 aliphatic rings. The Labute approximate surface area is 211 Å². The maximum Gasteiger partial charge on any atom is 0.309 e. The van der Waals surface area contributed by atoms with Crippen LogP contribution in [0.4, 0.5) is 0 Å². The molecule has 0 aliphatic heterocycles. The van der Waals surface area contributed by atoms with Crippen molar-refractivity contribution in [1.82, 2.24) is 0 Å². The van der Waals surface area contributed by atoms with E-state index < -0.39 is 22.8 Å². The summed E-state index contributed by atoms with van der Waals surface area (Å²) in [6.45, 7) is 17.1. The summed E-state index contributed by atoms with van der Waals surface area (Å²) in [7, 11) is 0. The predicted octanol–water partition coefficient (Wildman–Crippen LogP) is 6.93. The minimum Gasteiger partial charge on any atom is -0.481 e. The second kappa shape index (κ2) is 8.09. The van der Waals surface area contributed by atoms with Gasteiger partial charge >= 0.3 is 11.9 Å². The Morgan fingerprint density at radius 1 is 1.00 bits per heavy atom. The van der Waals surface area contributed by atoms with E-state index in [4.69, 9.17) is 0 Å². The molecule has 194 valence electrons. The lowest BCUT2D eigenvalue weighted by Crippen LogP contribution is -2.65. The fourth-order valence-corrected chi connectivity index (χ4v) is 10.6. The smallest absolute Gasteiger partial charge is 0.309 e. The van der Waals surface area contributed by atoms with E-state index in [1.54, 1.807) is 0 Å². The Morgan fingerprint density at radius 2 is 1.66 bits per heavy atom. The summed E-state index contributed by atoms with van der Waals surface area (Å²) in [6.07, 6.45) is 7.28. The van der Waals surface area contributed by atoms with Crippen LogP contribution < -0.4 is 0 Å². The van der Waals surface area contributed by atoms with E-state index >= 15 is 0 Å². The van der Waals surface area contributed by atoms with Crippen molar-refractivity contribution in [3.05, 3.63) is 12.2 Å². The average molecular weight is 484 g/mol. The highest BCUT2D eigenvalue weighted by Crippen LogP contribution is 2.76. The molecule has 4 rings (SSSR count). The van der Waals surface area contributed by atoms with Crippen molar-refractivity contribution in [2.75, 3.05) is 0 Å². The van der Waals surface area contributed by atoms with E-state index in [9.17, 15) is 25.1 Å². The van der Waals surface area contributed by atoms with Crippen LogP contribution in [0, 0.1) is 68.0 Å². The van der Waals surface area contributed by atoms with E-state index in [0.29, 0.717) is 18.8 Å². The summed E-state index contributed by atoms with van der Waals surface area (Å²) in [6, 6.07) is 2.45. The SMILES string of the molecule is C=C(C)[C@@H]1CCC2(C(=O)O)CC[C@]3(C)C(CCC4[C@@](C)(CC#N)C(C(C)(C)C(=O)O)CC[C@]43C)C12. The molecule has 0 spiro atoms. The molecule has 0 bridgehead atoms. The number of hydrogen-bond donors (Lipinski definition) is 2. The van der Waals surface area contributed by atoms with Gasteiger partial charge in [-0.3, -0.25) is 9.59 Å². The summed E-state index contributed by atoms with van der Waals surface area (Å²) in [5.41, 5.74) is -0.897. The molecule has 2 N–H and O–H groups in total. The van der Waals surface area contributed by atoms with Crippen molar-refractivity contribution >= 4 is 11.9 Å². The molecule has 5 heteroatoms. The van der Waals surface area contributed by atoms with Gasteiger partial charge in [0.2, 0.25) is 0 Å². The van der Waals surface area contributed by atoms with E-state index in [1.165, 1.54) is 0 Å². The number of rotatable bonds is 5. The fraction of sp³-hybridized carbons (Fsp3) is 0.833. The molecular weight excluding hydrogens is 438 g/mol. The van der Waals surface area contributed by atoms with Crippen LogP contribution >= 0.6 is 0 Å².